The second-order valence-corrected chi connectivity index (χ2v) is 4.33. The van der Waals surface area contributed by atoms with Crippen molar-refractivity contribution in [3.63, 3.8) is 0 Å². The molecule has 136 valence electrons. The molecule has 0 aliphatic rings. The molecule has 0 saturated carbocycles. The van der Waals surface area contributed by atoms with Crippen LogP contribution in [0.1, 0.15) is 38.8 Å². The molecular weight excluding hydrogens is 300 g/mol. The predicted molar refractivity (Wildman–Crippen MR) is 105 cm³/mol. The standard InChI is InChI=1S/C9H12O2.C8H10O.2C2H6/c1-7-5-4-6-8(10-2)9(7)11-3;1-7-4-3-5-8(6-7)9-2;2*1-2/h4-6H,1-3H3;3-6H,1-2H3;2*1-2H3. The molecule has 0 aliphatic carbocycles. The summed E-state index contributed by atoms with van der Waals surface area (Å²) in [5.41, 5.74) is 2.32. The fraction of sp³-hybridized carbons (Fsp3) is 0.429. The van der Waals surface area contributed by atoms with Crippen molar-refractivity contribution in [2.75, 3.05) is 21.3 Å². The van der Waals surface area contributed by atoms with Crippen molar-refractivity contribution < 1.29 is 14.2 Å². The van der Waals surface area contributed by atoms with Crippen LogP contribution in [-0.2, 0) is 0 Å². The molecule has 0 radical (unpaired) electrons. The van der Waals surface area contributed by atoms with Gasteiger partial charge in [0.1, 0.15) is 5.75 Å². The Morgan fingerprint density at radius 1 is 0.667 bits per heavy atom. The van der Waals surface area contributed by atoms with Gasteiger partial charge in [0.25, 0.3) is 0 Å². The predicted octanol–water partition coefficient (Wildman–Crippen LogP) is 6.07. The van der Waals surface area contributed by atoms with E-state index in [1.165, 1.54) is 5.56 Å². The van der Waals surface area contributed by atoms with E-state index >= 15 is 0 Å². The van der Waals surface area contributed by atoms with Gasteiger partial charge >= 0.3 is 0 Å². The van der Waals surface area contributed by atoms with Gasteiger partial charge < -0.3 is 14.2 Å². The molecule has 0 saturated heterocycles. The third-order valence-electron chi connectivity index (χ3n) is 2.83. The molecule has 0 N–H and O–H groups in total. The van der Waals surface area contributed by atoms with Crippen molar-refractivity contribution >= 4 is 0 Å². The Morgan fingerprint density at radius 3 is 1.62 bits per heavy atom. The normalized spacial score (nSPS) is 8.21. The van der Waals surface area contributed by atoms with Gasteiger partial charge in [0.15, 0.2) is 11.5 Å². The minimum absolute atomic E-state index is 0.785. The van der Waals surface area contributed by atoms with E-state index in [1.807, 2.05) is 84.0 Å². The molecule has 0 atom stereocenters. The molecule has 3 nitrogen and oxygen atoms in total. The van der Waals surface area contributed by atoms with Gasteiger partial charge in [-0.05, 0) is 43.2 Å². The minimum atomic E-state index is 0.785. The van der Waals surface area contributed by atoms with Crippen molar-refractivity contribution in [3.8, 4) is 17.2 Å². The van der Waals surface area contributed by atoms with Gasteiger partial charge in [-0.2, -0.15) is 0 Å². The van der Waals surface area contributed by atoms with Gasteiger partial charge in [0.05, 0.1) is 21.3 Å². The number of rotatable bonds is 3. The average molecular weight is 335 g/mol. The van der Waals surface area contributed by atoms with Gasteiger partial charge in [0.2, 0.25) is 0 Å². The highest BCUT2D eigenvalue weighted by atomic mass is 16.5. The van der Waals surface area contributed by atoms with Gasteiger partial charge in [0, 0.05) is 0 Å². The number of aryl methyl sites for hydroxylation is 2. The second-order valence-electron chi connectivity index (χ2n) is 4.33. The molecule has 2 aromatic rings. The molecule has 0 heterocycles. The maximum Gasteiger partial charge on any atom is 0.163 e. The summed E-state index contributed by atoms with van der Waals surface area (Å²) in [6, 6.07) is 13.8. The molecule has 0 spiro atoms. The summed E-state index contributed by atoms with van der Waals surface area (Å²) in [6.45, 7) is 12.0. The summed E-state index contributed by atoms with van der Waals surface area (Å²) in [5, 5.41) is 0. The van der Waals surface area contributed by atoms with E-state index in [1.54, 1.807) is 21.3 Å². The Bertz CT molecular complexity index is 536. The van der Waals surface area contributed by atoms with Crippen molar-refractivity contribution in [3.05, 3.63) is 53.6 Å². The zero-order valence-corrected chi connectivity index (χ0v) is 16.8. The lowest BCUT2D eigenvalue weighted by molar-refractivity contribution is 0.353. The van der Waals surface area contributed by atoms with Crippen LogP contribution >= 0.6 is 0 Å². The first-order chi connectivity index (χ1) is 11.6. The smallest absolute Gasteiger partial charge is 0.163 e. The van der Waals surface area contributed by atoms with Gasteiger partial charge in [-0.1, -0.05) is 52.0 Å². The molecule has 2 rings (SSSR count). The van der Waals surface area contributed by atoms with Crippen LogP contribution in [0.4, 0.5) is 0 Å². The van der Waals surface area contributed by atoms with Crippen molar-refractivity contribution in [1.82, 2.24) is 0 Å². The number of hydrogen-bond donors (Lipinski definition) is 0. The zero-order chi connectivity index (χ0) is 19.0. The van der Waals surface area contributed by atoms with Crippen LogP contribution in [0.25, 0.3) is 0 Å². The SMILES string of the molecule is CC.CC.COc1cccc(C)c1.COc1cccc(C)c1OC. The molecular formula is C21H34O3. The molecule has 24 heavy (non-hydrogen) atoms. The second kappa shape index (κ2) is 15.7. The molecule has 2 aromatic carbocycles. The van der Waals surface area contributed by atoms with E-state index in [9.17, 15) is 0 Å². The number of ether oxygens (including phenoxy) is 3. The first-order valence-corrected chi connectivity index (χ1v) is 8.40. The first kappa shape index (κ1) is 24.1. The van der Waals surface area contributed by atoms with E-state index in [0.717, 1.165) is 22.8 Å². The highest BCUT2D eigenvalue weighted by molar-refractivity contribution is 5.45. The maximum absolute atomic E-state index is 5.14. The summed E-state index contributed by atoms with van der Waals surface area (Å²) >= 11 is 0. The van der Waals surface area contributed by atoms with Crippen LogP contribution in [0, 0.1) is 13.8 Å². The molecule has 0 fully saturated rings. The Balaban J connectivity index is 0. The Labute approximate surface area is 148 Å². The van der Waals surface area contributed by atoms with Crippen LogP contribution in [0.2, 0.25) is 0 Å². The maximum atomic E-state index is 5.14. The molecule has 0 bridgehead atoms. The molecule has 0 aromatic heterocycles. The van der Waals surface area contributed by atoms with E-state index in [-0.39, 0.29) is 0 Å². The number of para-hydroxylation sites is 1. The monoisotopic (exact) mass is 334 g/mol. The van der Waals surface area contributed by atoms with Gasteiger partial charge in [-0.3, -0.25) is 0 Å². The van der Waals surface area contributed by atoms with Crippen molar-refractivity contribution in [2.45, 2.75) is 41.5 Å². The van der Waals surface area contributed by atoms with E-state index in [2.05, 4.69) is 0 Å². The van der Waals surface area contributed by atoms with E-state index in [4.69, 9.17) is 14.2 Å². The number of benzene rings is 2. The first-order valence-electron chi connectivity index (χ1n) is 8.40. The minimum Gasteiger partial charge on any atom is -0.497 e. The summed E-state index contributed by atoms with van der Waals surface area (Å²) < 4.78 is 15.2. The number of hydrogen-bond acceptors (Lipinski definition) is 3. The van der Waals surface area contributed by atoms with Crippen molar-refractivity contribution in [1.29, 1.82) is 0 Å². The number of methoxy groups -OCH3 is 3. The fourth-order valence-electron chi connectivity index (χ4n) is 1.79. The quantitative estimate of drug-likeness (QED) is 0.682. The summed E-state index contributed by atoms with van der Waals surface area (Å²) in [5.74, 6) is 2.53. The third kappa shape index (κ3) is 9.09. The molecule has 0 aliphatic heterocycles. The summed E-state index contributed by atoms with van der Waals surface area (Å²) in [4.78, 5) is 0. The average Bonchev–Trinajstić information content (AvgIpc) is 2.65. The summed E-state index contributed by atoms with van der Waals surface area (Å²) in [6.07, 6.45) is 0. The molecule has 0 unspecified atom stereocenters. The van der Waals surface area contributed by atoms with Crippen LogP contribution in [0.5, 0.6) is 17.2 Å². The van der Waals surface area contributed by atoms with E-state index in [0.29, 0.717) is 0 Å². The molecule has 0 amide bonds. The molecule has 3 heteroatoms. The fourth-order valence-corrected chi connectivity index (χ4v) is 1.79. The van der Waals surface area contributed by atoms with E-state index < -0.39 is 0 Å². The largest absolute Gasteiger partial charge is 0.497 e. The van der Waals surface area contributed by atoms with Gasteiger partial charge in [-0.15, -0.1) is 0 Å². The highest BCUT2D eigenvalue weighted by Crippen LogP contribution is 2.29. The van der Waals surface area contributed by atoms with Crippen LogP contribution < -0.4 is 14.2 Å². The van der Waals surface area contributed by atoms with Crippen molar-refractivity contribution in [2.24, 2.45) is 0 Å². The van der Waals surface area contributed by atoms with Crippen LogP contribution in [0.3, 0.4) is 0 Å². The Hall–Kier alpha value is -2.16. The highest BCUT2D eigenvalue weighted by Gasteiger charge is 2.03. The lowest BCUT2D eigenvalue weighted by atomic mass is 10.2. The zero-order valence-electron chi connectivity index (χ0n) is 16.8. The Kier molecular flexibility index (Phi) is 15.8. The Morgan fingerprint density at radius 2 is 1.25 bits per heavy atom. The third-order valence-corrected chi connectivity index (χ3v) is 2.83. The summed E-state index contributed by atoms with van der Waals surface area (Å²) in [7, 11) is 4.96. The lowest BCUT2D eigenvalue weighted by Crippen LogP contribution is -1.91. The lowest BCUT2D eigenvalue weighted by Gasteiger charge is -2.08. The van der Waals surface area contributed by atoms with Gasteiger partial charge in [-0.25, -0.2) is 0 Å². The van der Waals surface area contributed by atoms with Crippen LogP contribution in [-0.4, -0.2) is 21.3 Å². The topological polar surface area (TPSA) is 27.7 Å². The van der Waals surface area contributed by atoms with Crippen LogP contribution in [0.15, 0.2) is 42.5 Å².